The fourth-order valence-corrected chi connectivity index (χ4v) is 2.22. The molecule has 2 aromatic rings. The summed E-state index contributed by atoms with van der Waals surface area (Å²) >= 11 is 0. The molecule has 1 atom stereocenters. The third kappa shape index (κ3) is 2.31. The van der Waals surface area contributed by atoms with Gasteiger partial charge in [0.25, 0.3) is 0 Å². The van der Waals surface area contributed by atoms with Gasteiger partial charge < -0.3 is 20.4 Å². The minimum Gasteiger partial charge on any atom is -0.372 e. The lowest BCUT2D eigenvalue weighted by Gasteiger charge is -2.13. The van der Waals surface area contributed by atoms with E-state index < -0.39 is 0 Å². The number of amides is 1. The van der Waals surface area contributed by atoms with Crippen LogP contribution in [0, 0.1) is 0 Å². The van der Waals surface area contributed by atoms with Crippen LogP contribution in [0.2, 0.25) is 0 Å². The topological polar surface area (TPSA) is 83.3 Å². The standard InChI is InChI=1S/C12H16N6O/c1-13-9-7-18-5-4-14-12(18)11(17-9)15-6-8-2-3-10(19)16-8/h4-5,7-8,13H,2-3,6H2,1H3,(H,15,17)(H,16,19). The summed E-state index contributed by atoms with van der Waals surface area (Å²) in [5, 5.41) is 9.20. The number of nitrogens with zero attached hydrogens (tertiary/aromatic N) is 3. The first-order valence-electron chi connectivity index (χ1n) is 6.31. The second kappa shape index (κ2) is 4.75. The number of hydrogen-bond acceptors (Lipinski definition) is 5. The van der Waals surface area contributed by atoms with Crippen LogP contribution < -0.4 is 16.0 Å². The van der Waals surface area contributed by atoms with Gasteiger partial charge in [-0.1, -0.05) is 0 Å². The van der Waals surface area contributed by atoms with Gasteiger partial charge in [0, 0.05) is 38.4 Å². The maximum atomic E-state index is 11.2. The molecule has 1 amide bonds. The Morgan fingerprint density at radius 1 is 1.58 bits per heavy atom. The number of carbonyl (C=O) groups is 1. The highest BCUT2D eigenvalue weighted by Gasteiger charge is 2.20. The fourth-order valence-electron chi connectivity index (χ4n) is 2.22. The van der Waals surface area contributed by atoms with Gasteiger partial charge in [-0.25, -0.2) is 9.97 Å². The molecular weight excluding hydrogens is 244 g/mol. The van der Waals surface area contributed by atoms with E-state index in [1.54, 1.807) is 6.20 Å². The summed E-state index contributed by atoms with van der Waals surface area (Å²) in [6.45, 7) is 0.661. The monoisotopic (exact) mass is 260 g/mol. The quantitative estimate of drug-likeness (QED) is 0.744. The predicted molar refractivity (Wildman–Crippen MR) is 72.2 cm³/mol. The molecule has 0 radical (unpaired) electrons. The van der Waals surface area contributed by atoms with Crippen LogP contribution in [0.25, 0.3) is 5.65 Å². The highest BCUT2D eigenvalue weighted by atomic mass is 16.1. The molecule has 1 unspecified atom stereocenters. The van der Waals surface area contributed by atoms with E-state index in [1.165, 1.54) is 0 Å². The van der Waals surface area contributed by atoms with Crippen molar-refractivity contribution in [2.75, 3.05) is 24.2 Å². The van der Waals surface area contributed by atoms with Gasteiger partial charge in [-0.2, -0.15) is 0 Å². The van der Waals surface area contributed by atoms with E-state index in [0.29, 0.717) is 13.0 Å². The van der Waals surface area contributed by atoms with Crippen LogP contribution in [0.3, 0.4) is 0 Å². The number of nitrogens with one attached hydrogen (secondary N) is 3. The Morgan fingerprint density at radius 2 is 2.47 bits per heavy atom. The van der Waals surface area contributed by atoms with Gasteiger partial charge in [-0.3, -0.25) is 4.79 Å². The Labute approximate surface area is 110 Å². The average Bonchev–Trinajstić information content (AvgIpc) is 3.04. The van der Waals surface area contributed by atoms with Crippen LogP contribution in [-0.2, 0) is 4.79 Å². The normalized spacial score (nSPS) is 18.6. The van der Waals surface area contributed by atoms with Gasteiger partial charge in [-0.15, -0.1) is 0 Å². The summed E-state index contributed by atoms with van der Waals surface area (Å²) in [6.07, 6.45) is 6.96. The summed E-state index contributed by atoms with van der Waals surface area (Å²) in [6, 6.07) is 0.169. The zero-order valence-corrected chi connectivity index (χ0v) is 10.7. The van der Waals surface area contributed by atoms with Crippen molar-refractivity contribution in [2.24, 2.45) is 0 Å². The highest BCUT2D eigenvalue weighted by molar-refractivity contribution is 5.78. The molecule has 3 heterocycles. The number of hydrogen-bond donors (Lipinski definition) is 3. The van der Waals surface area contributed by atoms with E-state index in [4.69, 9.17) is 0 Å². The van der Waals surface area contributed by atoms with Crippen LogP contribution >= 0.6 is 0 Å². The maximum Gasteiger partial charge on any atom is 0.220 e. The zero-order chi connectivity index (χ0) is 13.2. The largest absolute Gasteiger partial charge is 0.372 e. The van der Waals surface area contributed by atoms with Gasteiger partial charge in [0.1, 0.15) is 5.82 Å². The Balaban J connectivity index is 1.79. The van der Waals surface area contributed by atoms with Crippen LogP contribution in [0.4, 0.5) is 11.6 Å². The summed E-state index contributed by atoms with van der Waals surface area (Å²) in [5.74, 6) is 1.61. The first-order chi connectivity index (χ1) is 9.26. The number of aromatic nitrogens is 3. The molecule has 7 heteroatoms. The molecule has 0 bridgehead atoms. The highest BCUT2D eigenvalue weighted by Crippen LogP contribution is 2.16. The number of carbonyl (C=O) groups excluding carboxylic acids is 1. The van der Waals surface area contributed by atoms with Gasteiger partial charge in [0.2, 0.25) is 5.91 Å². The van der Waals surface area contributed by atoms with Crippen LogP contribution in [-0.4, -0.2) is 39.9 Å². The molecule has 0 saturated carbocycles. The van der Waals surface area contributed by atoms with Crippen molar-refractivity contribution in [1.29, 1.82) is 0 Å². The van der Waals surface area contributed by atoms with Gasteiger partial charge in [0.05, 0.1) is 6.20 Å². The van der Waals surface area contributed by atoms with Gasteiger partial charge in [-0.05, 0) is 6.42 Å². The molecule has 0 spiro atoms. The van der Waals surface area contributed by atoms with E-state index in [2.05, 4.69) is 25.9 Å². The number of imidazole rings is 1. The first kappa shape index (κ1) is 11.8. The van der Waals surface area contributed by atoms with E-state index in [1.807, 2.05) is 23.8 Å². The van der Waals surface area contributed by atoms with E-state index in [-0.39, 0.29) is 11.9 Å². The molecule has 19 heavy (non-hydrogen) atoms. The van der Waals surface area contributed by atoms with Crippen molar-refractivity contribution in [1.82, 2.24) is 19.7 Å². The molecule has 2 aromatic heterocycles. The van der Waals surface area contributed by atoms with E-state index in [9.17, 15) is 4.79 Å². The van der Waals surface area contributed by atoms with E-state index in [0.717, 1.165) is 23.7 Å². The number of fused-ring (bicyclic) bond motifs is 1. The molecule has 0 aromatic carbocycles. The number of anilines is 2. The Hall–Kier alpha value is -2.31. The van der Waals surface area contributed by atoms with Gasteiger partial charge in [0.15, 0.2) is 11.5 Å². The van der Waals surface area contributed by atoms with Crippen molar-refractivity contribution >= 4 is 23.2 Å². The van der Waals surface area contributed by atoms with Crippen molar-refractivity contribution < 1.29 is 4.79 Å². The van der Waals surface area contributed by atoms with Crippen molar-refractivity contribution in [3.05, 3.63) is 18.6 Å². The molecule has 3 N–H and O–H groups in total. The third-order valence-electron chi connectivity index (χ3n) is 3.23. The second-order valence-electron chi connectivity index (χ2n) is 4.57. The maximum absolute atomic E-state index is 11.2. The molecule has 1 saturated heterocycles. The van der Waals surface area contributed by atoms with Crippen molar-refractivity contribution in [2.45, 2.75) is 18.9 Å². The third-order valence-corrected chi connectivity index (χ3v) is 3.23. The Kier molecular flexibility index (Phi) is 2.94. The van der Waals surface area contributed by atoms with Crippen LogP contribution in [0.15, 0.2) is 18.6 Å². The second-order valence-corrected chi connectivity index (χ2v) is 4.57. The zero-order valence-electron chi connectivity index (χ0n) is 10.7. The molecule has 1 aliphatic rings. The lowest BCUT2D eigenvalue weighted by atomic mass is 10.2. The minimum atomic E-state index is 0.120. The predicted octanol–water partition coefficient (Wildman–Crippen LogP) is 0.461. The SMILES string of the molecule is CNc1cn2ccnc2c(NCC2CCC(=O)N2)n1. The minimum absolute atomic E-state index is 0.120. The van der Waals surface area contributed by atoms with E-state index >= 15 is 0 Å². The van der Waals surface area contributed by atoms with Crippen molar-refractivity contribution in [3.8, 4) is 0 Å². The Morgan fingerprint density at radius 3 is 3.21 bits per heavy atom. The lowest BCUT2D eigenvalue weighted by Crippen LogP contribution is -2.32. The molecule has 1 fully saturated rings. The summed E-state index contributed by atoms with van der Waals surface area (Å²) in [4.78, 5) is 19.9. The molecule has 7 nitrogen and oxygen atoms in total. The molecule has 100 valence electrons. The fraction of sp³-hybridized carbons (Fsp3) is 0.417. The van der Waals surface area contributed by atoms with Crippen LogP contribution in [0.1, 0.15) is 12.8 Å². The Bertz CT molecular complexity index is 607. The number of rotatable bonds is 4. The van der Waals surface area contributed by atoms with Crippen molar-refractivity contribution in [3.63, 3.8) is 0 Å². The summed E-state index contributed by atoms with van der Waals surface area (Å²) < 4.78 is 1.91. The molecule has 0 aliphatic carbocycles. The van der Waals surface area contributed by atoms with Gasteiger partial charge >= 0.3 is 0 Å². The molecule has 3 rings (SSSR count). The lowest BCUT2D eigenvalue weighted by molar-refractivity contribution is -0.119. The summed E-state index contributed by atoms with van der Waals surface area (Å²) in [5.41, 5.74) is 0.781. The summed E-state index contributed by atoms with van der Waals surface area (Å²) in [7, 11) is 1.83. The first-order valence-corrected chi connectivity index (χ1v) is 6.31. The van der Waals surface area contributed by atoms with Crippen LogP contribution in [0.5, 0.6) is 0 Å². The molecule has 1 aliphatic heterocycles. The smallest absolute Gasteiger partial charge is 0.220 e. The average molecular weight is 260 g/mol. The molecular formula is C12H16N6O.